The van der Waals surface area contributed by atoms with Crippen molar-refractivity contribution in [2.24, 2.45) is 10.2 Å². The first-order valence-electron chi connectivity index (χ1n) is 8.51. The number of hydrogen-bond acceptors (Lipinski definition) is 7. The number of amides is 3. The lowest BCUT2D eigenvalue weighted by atomic mass is 10.1. The van der Waals surface area contributed by atoms with Gasteiger partial charge in [-0.1, -0.05) is 13.0 Å². The SMILES string of the molecule is CCC(C)N1C(=O)c2cccc(N=N/C(C(=O)NC)=C(/NC)OC)c2C1=O. The van der Waals surface area contributed by atoms with Crippen LogP contribution in [0.3, 0.4) is 0 Å². The lowest BCUT2D eigenvalue weighted by Gasteiger charge is -2.20. The molecule has 1 atom stereocenters. The van der Waals surface area contributed by atoms with Crippen molar-refractivity contribution in [3.63, 3.8) is 0 Å². The fraction of sp³-hybridized carbons (Fsp3) is 0.389. The van der Waals surface area contributed by atoms with E-state index < -0.39 is 11.8 Å². The van der Waals surface area contributed by atoms with E-state index in [0.29, 0.717) is 6.42 Å². The van der Waals surface area contributed by atoms with Gasteiger partial charge in [0.2, 0.25) is 11.6 Å². The largest absolute Gasteiger partial charge is 0.481 e. The minimum Gasteiger partial charge on any atom is -0.481 e. The number of azo groups is 1. The molecular weight excluding hydrogens is 350 g/mol. The zero-order chi connectivity index (χ0) is 20.1. The van der Waals surface area contributed by atoms with Crippen molar-refractivity contribution >= 4 is 23.4 Å². The number of carbonyl (C=O) groups is 3. The highest BCUT2D eigenvalue weighted by Gasteiger charge is 2.39. The molecule has 0 aromatic heterocycles. The smallest absolute Gasteiger partial charge is 0.277 e. The molecular formula is C18H23N5O4. The molecule has 1 aliphatic rings. The van der Waals surface area contributed by atoms with Gasteiger partial charge in [0.1, 0.15) is 0 Å². The number of likely N-dealkylation sites (N-methyl/N-ethyl adjacent to an activating group) is 1. The van der Waals surface area contributed by atoms with Crippen LogP contribution in [0.2, 0.25) is 0 Å². The molecule has 9 nitrogen and oxygen atoms in total. The van der Waals surface area contributed by atoms with Gasteiger partial charge in [0, 0.05) is 20.1 Å². The van der Waals surface area contributed by atoms with E-state index in [1.165, 1.54) is 19.1 Å². The van der Waals surface area contributed by atoms with Crippen molar-refractivity contribution < 1.29 is 19.1 Å². The van der Waals surface area contributed by atoms with Gasteiger partial charge in [0.05, 0.1) is 23.9 Å². The molecule has 0 aliphatic carbocycles. The summed E-state index contributed by atoms with van der Waals surface area (Å²) in [4.78, 5) is 38.6. The highest BCUT2D eigenvalue weighted by atomic mass is 16.5. The van der Waals surface area contributed by atoms with Crippen LogP contribution < -0.4 is 10.6 Å². The number of hydrogen-bond donors (Lipinski definition) is 2. The molecule has 144 valence electrons. The maximum Gasteiger partial charge on any atom is 0.277 e. The lowest BCUT2D eigenvalue weighted by Crippen LogP contribution is -2.37. The first kappa shape index (κ1) is 20.1. The van der Waals surface area contributed by atoms with Crippen molar-refractivity contribution in [2.75, 3.05) is 21.2 Å². The standard InChI is InChI=1S/C18H23N5O4/c1-6-10(2)23-17(25)11-8-7-9-12(13(11)18(23)26)21-22-14(15(24)19-3)16(20-4)27-5/h7-10,20H,6H2,1-5H3,(H,19,24)/b16-14-,22-21?. The van der Waals surface area contributed by atoms with E-state index in [2.05, 4.69) is 20.9 Å². The molecule has 2 N–H and O–H groups in total. The molecule has 0 fully saturated rings. The first-order chi connectivity index (χ1) is 12.9. The molecule has 3 amide bonds. The molecule has 27 heavy (non-hydrogen) atoms. The van der Waals surface area contributed by atoms with E-state index in [9.17, 15) is 14.4 Å². The van der Waals surface area contributed by atoms with Gasteiger partial charge in [-0.15, -0.1) is 10.2 Å². The van der Waals surface area contributed by atoms with Gasteiger partial charge in [0.25, 0.3) is 17.7 Å². The molecule has 0 saturated carbocycles. The molecule has 1 aromatic rings. The monoisotopic (exact) mass is 373 g/mol. The van der Waals surface area contributed by atoms with Crippen LogP contribution in [0.25, 0.3) is 0 Å². The van der Waals surface area contributed by atoms with Crippen LogP contribution in [0, 0.1) is 0 Å². The number of methoxy groups -OCH3 is 1. The van der Waals surface area contributed by atoms with E-state index in [0.717, 1.165) is 0 Å². The van der Waals surface area contributed by atoms with Gasteiger partial charge in [-0.25, -0.2) is 0 Å². The Bertz CT molecular complexity index is 825. The first-order valence-corrected chi connectivity index (χ1v) is 8.51. The van der Waals surface area contributed by atoms with Gasteiger partial charge in [0.15, 0.2) is 0 Å². The Labute approximate surface area is 157 Å². The third-order valence-corrected chi connectivity index (χ3v) is 4.30. The summed E-state index contributed by atoms with van der Waals surface area (Å²) in [5.74, 6) is -1.16. The van der Waals surface area contributed by atoms with Gasteiger partial charge < -0.3 is 15.4 Å². The third kappa shape index (κ3) is 3.67. The van der Waals surface area contributed by atoms with Crippen molar-refractivity contribution in [3.05, 3.63) is 40.9 Å². The number of nitrogens with one attached hydrogen (secondary N) is 2. The van der Waals surface area contributed by atoms with Crippen LogP contribution in [0.1, 0.15) is 41.0 Å². The summed E-state index contributed by atoms with van der Waals surface area (Å²) in [6.45, 7) is 3.71. The Kier molecular flexibility index (Phi) is 6.27. The molecule has 1 unspecified atom stereocenters. The van der Waals surface area contributed by atoms with E-state index in [1.807, 2.05) is 13.8 Å². The lowest BCUT2D eigenvalue weighted by molar-refractivity contribution is -0.117. The molecule has 1 aliphatic heterocycles. The minimum atomic E-state index is -0.513. The fourth-order valence-corrected chi connectivity index (χ4v) is 2.69. The predicted octanol–water partition coefficient (Wildman–Crippen LogP) is 1.95. The van der Waals surface area contributed by atoms with Gasteiger partial charge in [-0.05, 0) is 25.5 Å². The van der Waals surface area contributed by atoms with E-state index in [1.54, 1.807) is 25.2 Å². The van der Waals surface area contributed by atoms with Gasteiger partial charge >= 0.3 is 0 Å². The van der Waals surface area contributed by atoms with Crippen LogP contribution in [-0.4, -0.2) is 49.9 Å². The summed E-state index contributed by atoms with van der Waals surface area (Å²) in [7, 11) is 4.41. The van der Waals surface area contributed by atoms with Crippen molar-refractivity contribution in [1.29, 1.82) is 0 Å². The van der Waals surface area contributed by atoms with Crippen LogP contribution in [0.4, 0.5) is 5.69 Å². The quantitative estimate of drug-likeness (QED) is 0.328. The number of rotatable bonds is 7. The zero-order valence-electron chi connectivity index (χ0n) is 16.0. The molecule has 0 spiro atoms. The maximum absolute atomic E-state index is 12.8. The normalized spacial score (nSPS) is 15.5. The summed E-state index contributed by atoms with van der Waals surface area (Å²) in [5.41, 5.74) is 0.592. The number of ether oxygens (including phenoxy) is 1. The summed E-state index contributed by atoms with van der Waals surface area (Å²) < 4.78 is 5.09. The van der Waals surface area contributed by atoms with Gasteiger partial charge in [-0.2, -0.15) is 0 Å². The maximum atomic E-state index is 12.8. The molecule has 2 rings (SSSR count). The van der Waals surface area contributed by atoms with E-state index >= 15 is 0 Å². The molecule has 9 heteroatoms. The Morgan fingerprint density at radius 3 is 2.48 bits per heavy atom. The zero-order valence-corrected chi connectivity index (χ0v) is 16.0. The minimum absolute atomic E-state index is 0.0874. The fourth-order valence-electron chi connectivity index (χ4n) is 2.69. The number of benzene rings is 1. The molecule has 1 heterocycles. The second-order valence-electron chi connectivity index (χ2n) is 5.85. The Morgan fingerprint density at radius 2 is 1.93 bits per heavy atom. The van der Waals surface area contributed by atoms with E-state index in [4.69, 9.17) is 4.74 Å². The number of fused-ring (bicyclic) bond motifs is 1. The molecule has 0 saturated heterocycles. The number of imide groups is 1. The van der Waals surface area contributed by atoms with Crippen molar-refractivity contribution in [3.8, 4) is 0 Å². The molecule has 0 bridgehead atoms. The number of carbonyl (C=O) groups excluding carboxylic acids is 3. The molecule has 0 radical (unpaired) electrons. The summed E-state index contributed by atoms with van der Waals surface area (Å²) >= 11 is 0. The van der Waals surface area contributed by atoms with E-state index in [-0.39, 0.29) is 40.3 Å². The topological polar surface area (TPSA) is 112 Å². The predicted molar refractivity (Wildman–Crippen MR) is 98.4 cm³/mol. The average molecular weight is 373 g/mol. The average Bonchev–Trinajstić information content (AvgIpc) is 2.95. The highest BCUT2D eigenvalue weighted by Crippen LogP contribution is 2.33. The van der Waals surface area contributed by atoms with Crippen molar-refractivity contribution in [1.82, 2.24) is 15.5 Å². The highest BCUT2D eigenvalue weighted by molar-refractivity contribution is 6.23. The Balaban J connectivity index is 2.51. The second kappa shape index (κ2) is 8.43. The summed E-state index contributed by atoms with van der Waals surface area (Å²) in [6, 6.07) is 4.55. The second-order valence-corrected chi connectivity index (χ2v) is 5.85. The Morgan fingerprint density at radius 1 is 1.22 bits per heavy atom. The summed E-state index contributed by atoms with van der Waals surface area (Å²) in [5, 5.41) is 13.2. The van der Waals surface area contributed by atoms with Crippen LogP contribution in [0.5, 0.6) is 0 Å². The van der Waals surface area contributed by atoms with Crippen molar-refractivity contribution in [2.45, 2.75) is 26.3 Å². The van der Waals surface area contributed by atoms with Gasteiger partial charge in [-0.3, -0.25) is 19.3 Å². The summed E-state index contributed by atoms with van der Waals surface area (Å²) in [6.07, 6.45) is 0.644. The number of nitrogens with zero attached hydrogens (tertiary/aromatic N) is 3. The van der Waals surface area contributed by atoms with Crippen LogP contribution >= 0.6 is 0 Å². The third-order valence-electron chi connectivity index (χ3n) is 4.30. The Hall–Kier alpha value is -3.23. The molecule has 1 aromatic carbocycles. The van der Waals surface area contributed by atoms with Crippen LogP contribution in [0.15, 0.2) is 40.0 Å². The van der Waals surface area contributed by atoms with Crippen LogP contribution in [-0.2, 0) is 9.53 Å².